The number of hydrogen-bond acceptors (Lipinski definition) is 7. The summed E-state index contributed by atoms with van der Waals surface area (Å²) in [6, 6.07) is 13.8. The van der Waals surface area contributed by atoms with Crippen LogP contribution in [0.3, 0.4) is 0 Å². The second kappa shape index (κ2) is 10.4. The number of hydrazine groups is 1. The number of thiophene rings is 1. The topological polar surface area (TPSA) is 123 Å². The summed E-state index contributed by atoms with van der Waals surface area (Å²) in [6.07, 6.45) is -0.0739. The van der Waals surface area contributed by atoms with Gasteiger partial charge < -0.3 is 9.47 Å². The second-order valence-electron chi connectivity index (χ2n) is 7.02. The van der Waals surface area contributed by atoms with Crippen molar-refractivity contribution in [2.45, 2.75) is 24.2 Å². The van der Waals surface area contributed by atoms with E-state index in [1.54, 1.807) is 29.6 Å². The van der Waals surface area contributed by atoms with Gasteiger partial charge in [-0.25, -0.2) is 8.42 Å². The molecular formula is C22H23N3O6S2. The smallest absolute Gasteiger partial charge is 0.271 e. The zero-order chi connectivity index (χ0) is 24.0. The third-order valence-corrected chi connectivity index (χ3v) is 7.02. The lowest BCUT2D eigenvalue weighted by atomic mass is 10.1. The van der Waals surface area contributed by atoms with E-state index in [9.17, 15) is 18.0 Å². The highest BCUT2D eigenvalue weighted by Crippen LogP contribution is 2.29. The van der Waals surface area contributed by atoms with E-state index in [0.717, 1.165) is 11.3 Å². The molecule has 9 nitrogen and oxygen atoms in total. The molecular weight excluding hydrogens is 466 g/mol. The van der Waals surface area contributed by atoms with Crippen LogP contribution in [0.25, 0.3) is 0 Å². The highest BCUT2D eigenvalue weighted by molar-refractivity contribution is 7.94. The molecule has 0 fully saturated rings. The summed E-state index contributed by atoms with van der Waals surface area (Å²) in [4.78, 5) is 25.2. The molecule has 2 amide bonds. The number of anilines is 1. The fraction of sp³-hybridized carbons (Fsp3) is 0.182. The van der Waals surface area contributed by atoms with Gasteiger partial charge in [0.25, 0.3) is 21.8 Å². The first-order valence-corrected chi connectivity index (χ1v) is 12.2. The molecule has 0 saturated carbocycles. The first-order valence-electron chi connectivity index (χ1n) is 9.82. The Morgan fingerprint density at radius 2 is 1.67 bits per heavy atom. The predicted octanol–water partition coefficient (Wildman–Crippen LogP) is 3.42. The number of ether oxygens (including phenoxy) is 2. The number of methoxy groups -OCH3 is 1. The lowest BCUT2D eigenvalue weighted by Crippen LogP contribution is -2.41. The van der Waals surface area contributed by atoms with Gasteiger partial charge in [0.1, 0.15) is 4.21 Å². The van der Waals surface area contributed by atoms with Gasteiger partial charge in [-0.05, 0) is 55.6 Å². The molecule has 0 aliphatic rings. The normalized spacial score (nSPS) is 11.0. The lowest BCUT2D eigenvalue weighted by Gasteiger charge is -2.15. The maximum atomic E-state index is 12.7. The summed E-state index contributed by atoms with van der Waals surface area (Å²) in [6.45, 7) is 3.74. The van der Waals surface area contributed by atoms with Crippen molar-refractivity contribution in [3.8, 4) is 11.5 Å². The Morgan fingerprint density at radius 1 is 0.939 bits per heavy atom. The van der Waals surface area contributed by atoms with Crippen LogP contribution < -0.4 is 25.0 Å². The van der Waals surface area contributed by atoms with E-state index in [1.165, 1.54) is 37.4 Å². The van der Waals surface area contributed by atoms with Gasteiger partial charge in [0, 0.05) is 5.56 Å². The second-order valence-corrected chi connectivity index (χ2v) is 9.88. The van der Waals surface area contributed by atoms with Crippen molar-refractivity contribution in [1.82, 2.24) is 10.9 Å². The third-order valence-electron chi connectivity index (χ3n) is 4.25. The van der Waals surface area contributed by atoms with E-state index >= 15 is 0 Å². The van der Waals surface area contributed by atoms with Crippen LogP contribution in [0.1, 0.15) is 34.6 Å². The summed E-state index contributed by atoms with van der Waals surface area (Å²) < 4.78 is 38.5. The highest BCUT2D eigenvalue weighted by Gasteiger charge is 2.20. The van der Waals surface area contributed by atoms with Gasteiger partial charge in [-0.1, -0.05) is 18.2 Å². The molecule has 33 heavy (non-hydrogen) atoms. The first-order chi connectivity index (χ1) is 15.7. The van der Waals surface area contributed by atoms with Crippen molar-refractivity contribution in [1.29, 1.82) is 0 Å². The number of carbonyl (C=O) groups is 2. The molecule has 1 heterocycles. The van der Waals surface area contributed by atoms with Crippen LogP contribution in [0.5, 0.6) is 11.5 Å². The molecule has 1 aromatic heterocycles. The number of carbonyl (C=O) groups excluding carboxylic acids is 2. The van der Waals surface area contributed by atoms with E-state index in [-0.39, 0.29) is 27.1 Å². The summed E-state index contributed by atoms with van der Waals surface area (Å²) in [5.41, 5.74) is 4.96. The van der Waals surface area contributed by atoms with Gasteiger partial charge in [-0.3, -0.25) is 25.2 Å². The van der Waals surface area contributed by atoms with Crippen LogP contribution in [0.4, 0.5) is 5.69 Å². The molecule has 2 aromatic carbocycles. The van der Waals surface area contributed by atoms with Crippen LogP contribution in [0.15, 0.2) is 64.2 Å². The van der Waals surface area contributed by atoms with Crippen molar-refractivity contribution >= 4 is 38.9 Å². The maximum absolute atomic E-state index is 12.7. The van der Waals surface area contributed by atoms with Crippen LogP contribution in [0.2, 0.25) is 0 Å². The van der Waals surface area contributed by atoms with E-state index in [0.29, 0.717) is 11.5 Å². The Kier molecular flexibility index (Phi) is 7.56. The summed E-state index contributed by atoms with van der Waals surface area (Å²) in [5, 5.41) is 1.64. The van der Waals surface area contributed by atoms with Crippen molar-refractivity contribution in [3.63, 3.8) is 0 Å². The fourth-order valence-electron chi connectivity index (χ4n) is 2.79. The first kappa shape index (κ1) is 24.1. The van der Waals surface area contributed by atoms with Gasteiger partial charge in [-0.2, -0.15) is 0 Å². The quantitative estimate of drug-likeness (QED) is 0.417. The largest absolute Gasteiger partial charge is 0.493 e. The van der Waals surface area contributed by atoms with Gasteiger partial charge in [0.2, 0.25) is 0 Å². The number of amides is 2. The van der Waals surface area contributed by atoms with E-state index in [1.807, 2.05) is 13.8 Å². The van der Waals surface area contributed by atoms with Gasteiger partial charge >= 0.3 is 0 Å². The van der Waals surface area contributed by atoms with Gasteiger partial charge in [0.05, 0.1) is 24.5 Å². The zero-order valence-electron chi connectivity index (χ0n) is 18.1. The number of rotatable bonds is 8. The van der Waals surface area contributed by atoms with Crippen LogP contribution >= 0.6 is 11.3 Å². The van der Waals surface area contributed by atoms with E-state index in [4.69, 9.17) is 9.47 Å². The Balaban J connectivity index is 1.71. The SMILES string of the molecule is COc1cc(C(=O)NNC(=O)c2ccccc2NS(=O)(=O)c2cccs2)ccc1OC(C)C. The van der Waals surface area contributed by atoms with Crippen molar-refractivity contribution in [2.24, 2.45) is 0 Å². The number of nitrogens with one attached hydrogen (secondary N) is 3. The van der Waals surface area contributed by atoms with E-state index in [2.05, 4.69) is 15.6 Å². The molecule has 3 aromatic rings. The van der Waals surface area contributed by atoms with Crippen LogP contribution in [-0.2, 0) is 10.0 Å². The molecule has 3 rings (SSSR count). The standard InChI is InChI=1S/C22H23N3O6S2/c1-14(2)31-18-11-10-15(13-19(18)30-3)21(26)23-24-22(27)16-7-4-5-8-17(16)25-33(28,29)20-9-6-12-32-20/h4-14,25H,1-3H3,(H,23,26)(H,24,27). The maximum Gasteiger partial charge on any atom is 0.271 e. The minimum Gasteiger partial charge on any atom is -0.493 e. The minimum atomic E-state index is -3.85. The molecule has 0 aliphatic carbocycles. The summed E-state index contributed by atoms with van der Waals surface area (Å²) in [5.74, 6) is -0.426. The molecule has 0 saturated heterocycles. The molecule has 11 heteroatoms. The molecule has 0 spiro atoms. The highest BCUT2D eigenvalue weighted by atomic mass is 32.2. The van der Waals surface area contributed by atoms with Crippen molar-refractivity contribution < 1.29 is 27.5 Å². The number of sulfonamides is 1. The average Bonchev–Trinajstić information content (AvgIpc) is 3.33. The Hall–Kier alpha value is -3.57. The van der Waals surface area contributed by atoms with Crippen molar-refractivity contribution in [2.75, 3.05) is 11.8 Å². The Bertz CT molecular complexity index is 1240. The summed E-state index contributed by atoms with van der Waals surface area (Å²) >= 11 is 1.05. The fourth-order valence-corrected chi connectivity index (χ4v) is 4.87. The number of hydrogen-bond donors (Lipinski definition) is 3. The molecule has 174 valence electrons. The molecule has 0 bridgehead atoms. The van der Waals surface area contributed by atoms with Crippen LogP contribution in [0, 0.1) is 0 Å². The molecule has 0 aliphatic heterocycles. The lowest BCUT2D eigenvalue weighted by molar-refractivity contribution is 0.0847. The zero-order valence-corrected chi connectivity index (χ0v) is 19.7. The van der Waals surface area contributed by atoms with Gasteiger partial charge in [0.15, 0.2) is 11.5 Å². The molecule has 0 atom stereocenters. The minimum absolute atomic E-state index is 0.0381. The summed E-state index contributed by atoms with van der Waals surface area (Å²) in [7, 11) is -2.39. The monoisotopic (exact) mass is 489 g/mol. The number of benzene rings is 2. The molecule has 0 unspecified atom stereocenters. The number of para-hydroxylation sites is 1. The Morgan fingerprint density at radius 3 is 2.33 bits per heavy atom. The van der Waals surface area contributed by atoms with E-state index < -0.39 is 21.8 Å². The Labute approximate surface area is 195 Å². The molecule has 0 radical (unpaired) electrons. The van der Waals surface area contributed by atoms with Gasteiger partial charge in [-0.15, -0.1) is 11.3 Å². The third kappa shape index (κ3) is 6.02. The van der Waals surface area contributed by atoms with Crippen molar-refractivity contribution in [3.05, 3.63) is 71.1 Å². The average molecular weight is 490 g/mol. The molecule has 3 N–H and O–H groups in total. The predicted molar refractivity (Wildman–Crippen MR) is 125 cm³/mol. The van der Waals surface area contributed by atoms with Crippen LogP contribution in [-0.4, -0.2) is 33.4 Å².